The van der Waals surface area contributed by atoms with Crippen molar-refractivity contribution in [2.24, 2.45) is 0 Å². The molecule has 0 amide bonds. The fraction of sp³-hybridized carbons (Fsp3) is 0.176. The molecule has 0 atom stereocenters. The quantitative estimate of drug-likeness (QED) is 0.757. The van der Waals surface area contributed by atoms with Gasteiger partial charge in [0.15, 0.2) is 0 Å². The third-order valence-corrected chi connectivity index (χ3v) is 3.32. The Kier molecular flexibility index (Phi) is 3.10. The Balaban J connectivity index is 2.13. The first-order chi connectivity index (χ1) is 9.28. The van der Waals surface area contributed by atoms with Crippen molar-refractivity contribution in [1.29, 1.82) is 0 Å². The van der Waals surface area contributed by atoms with Gasteiger partial charge in [0.2, 0.25) is 0 Å². The predicted octanol–water partition coefficient (Wildman–Crippen LogP) is 4.13. The van der Waals surface area contributed by atoms with Gasteiger partial charge in [0, 0.05) is 17.5 Å². The molecule has 1 N–H and O–H groups in total. The molecular formula is C17H17NO. The van der Waals surface area contributed by atoms with Gasteiger partial charge < -0.3 is 9.73 Å². The molecule has 1 aromatic heterocycles. The minimum Gasteiger partial charge on any atom is -0.456 e. The van der Waals surface area contributed by atoms with Crippen molar-refractivity contribution in [1.82, 2.24) is 5.32 Å². The maximum atomic E-state index is 5.97. The normalized spacial score (nSPS) is 11.1. The Morgan fingerprint density at radius 3 is 2.74 bits per heavy atom. The summed E-state index contributed by atoms with van der Waals surface area (Å²) in [5.74, 6) is 0.937. The molecule has 3 rings (SSSR count). The highest BCUT2D eigenvalue weighted by atomic mass is 16.3. The fourth-order valence-electron chi connectivity index (χ4n) is 2.40. The van der Waals surface area contributed by atoms with E-state index in [0.29, 0.717) is 0 Å². The highest BCUT2D eigenvalue weighted by Gasteiger charge is 2.09. The van der Waals surface area contributed by atoms with Crippen molar-refractivity contribution >= 4 is 11.0 Å². The zero-order valence-corrected chi connectivity index (χ0v) is 11.2. The van der Waals surface area contributed by atoms with Crippen LogP contribution in [0.2, 0.25) is 0 Å². The van der Waals surface area contributed by atoms with Gasteiger partial charge in [-0.1, -0.05) is 35.9 Å². The first kappa shape index (κ1) is 12.0. The number of furan rings is 1. The molecule has 3 aromatic rings. The molecule has 0 bridgehead atoms. The van der Waals surface area contributed by atoms with Crippen LogP contribution in [0.5, 0.6) is 0 Å². The number of benzene rings is 2. The van der Waals surface area contributed by atoms with Crippen LogP contribution in [0.3, 0.4) is 0 Å². The minimum atomic E-state index is 0.840. The zero-order chi connectivity index (χ0) is 13.2. The zero-order valence-electron chi connectivity index (χ0n) is 11.2. The molecule has 0 spiro atoms. The van der Waals surface area contributed by atoms with E-state index in [1.54, 1.807) is 0 Å². The Hall–Kier alpha value is -2.06. The SMILES string of the molecule is CNCc1ccccc1-c1cc2cc(C)ccc2o1. The van der Waals surface area contributed by atoms with Crippen LogP contribution in [-0.4, -0.2) is 7.05 Å². The van der Waals surface area contributed by atoms with Crippen LogP contribution in [-0.2, 0) is 6.54 Å². The largest absolute Gasteiger partial charge is 0.456 e. The van der Waals surface area contributed by atoms with E-state index in [4.69, 9.17) is 4.42 Å². The molecule has 96 valence electrons. The van der Waals surface area contributed by atoms with E-state index in [0.717, 1.165) is 28.8 Å². The maximum absolute atomic E-state index is 5.97. The van der Waals surface area contributed by atoms with Crippen LogP contribution in [0.4, 0.5) is 0 Å². The highest BCUT2D eigenvalue weighted by Crippen LogP contribution is 2.30. The van der Waals surface area contributed by atoms with Crippen molar-refractivity contribution in [3.05, 3.63) is 59.7 Å². The minimum absolute atomic E-state index is 0.840. The Morgan fingerprint density at radius 1 is 1.05 bits per heavy atom. The number of hydrogen-bond acceptors (Lipinski definition) is 2. The van der Waals surface area contributed by atoms with Crippen LogP contribution < -0.4 is 5.32 Å². The van der Waals surface area contributed by atoms with Crippen molar-refractivity contribution in [2.45, 2.75) is 13.5 Å². The summed E-state index contributed by atoms with van der Waals surface area (Å²) < 4.78 is 5.97. The van der Waals surface area contributed by atoms with Gasteiger partial charge in [-0.15, -0.1) is 0 Å². The van der Waals surface area contributed by atoms with Gasteiger partial charge in [-0.25, -0.2) is 0 Å². The number of fused-ring (bicyclic) bond motifs is 1. The number of aryl methyl sites for hydroxylation is 1. The lowest BCUT2D eigenvalue weighted by molar-refractivity contribution is 0.629. The number of rotatable bonds is 3. The van der Waals surface area contributed by atoms with Crippen LogP contribution >= 0.6 is 0 Å². The molecule has 2 aromatic carbocycles. The summed E-state index contributed by atoms with van der Waals surface area (Å²) in [7, 11) is 1.96. The molecule has 0 radical (unpaired) electrons. The molecule has 1 heterocycles. The first-order valence-corrected chi connectivity index (χ1v) is 6.51. The molecule has 19 heavy (non-hydrogen) atoms. The number of hydrogen-bond donors (Lipinski definition) is 1. The molecular weight excluding hydrogens is 234 g/mol. The summed E-state index contributed by atoms with van der Waals surface area (Å²) in [5, 5.41) is 4.36. The van der Waals surface area contributed by atoms with Crippen molar-refractivity contribution < 1.29 is 4.42 Å². The molecule has 0 saturated heterocycles. The lowest BCUT2D eigenvalue weighted by Gasteiger charge is -2.05. The lowest BCUT2D eigenvalue weighted by Crippen LogP contribution is -2.05. The van der Waals surface area contributed by atoms with E-state index in [-0.39, 0.29) is 0 Å². The molecule has 0 aliphatic carbocycles. The van der Waals surface area contributed by atoms with Crippen LogP contribution in [0.1, 0.15) is 11.1 Å². The van der Waals surface area contributed by atoms with Crippen LogP contribution in [0, 0.1) is 6.92 Å². The van der Waals surface area contributed by atoms with Gasteiger partial charge in [-0.05, 0) is 37.7 Å². The molecule has 0 saturated carbocycles. The smallest absolute Gasteiger partial charge is 0.135 e. The van der Waals surface area contributed by atoms with Crippen LogP contribution in [0.15, 0.2) is 52.9 Å². The molecule has 0 aliphatic heterocycles. The highest BCUT2D eigenvalue weighted by molar-refractivity contribution is 5.84. The average Bonchev–Trinajstić information content (AvgIpc) is 2.82. The molecule has 2 heteroatoms. The van der Waals surface area contributed by atoms with E-state index in [1.807, 2.05) is 19.2 Å². The van der Waals surface area contributed by atoms with Gasteiger partial charge in [0.25, 0.3) is 0 Å². The second-order valence-corrected chi connectivity index (χ2v) is 4.84. The van der Waals surface area contributed by atoms with Crippen molar-refractivity contribution in [2.75, 3.05) is 7.05 Å². The van der Waals surface area contributed by atoms with Gasteiger partial charge >= 0.3 is 0 Å². The monoisotopic (exact) mass is 251 g/mol. The molecule has 0 fully saturated rings. The third-order valence-electron chi connectivity index (χ3n) is 3.32. The van der Waals surface area contributed by atoms with Crippen molar-refractivity contribution in [3.8, 4) is 11.3 Å². The second-order valence-electron chi connectivity index (χ2n) is 4.84. The summed E-state index contributed by atoms with van der Waals surface area (Å²) in [6.45, 7) is 2.94. The van der Waals surface area contributed by atoms with Gasteiger partial charge in [-0.3, -0.25) is 0 Å². The van der Waals surface area contributed by atoms with Crippen molar-refractivity contribution in [3.63, 3.8) is 0 Å². The van der Waals surface area contributed by atoms with Gasteiger partial charge in [-0.2, -0.15) is 0 Å². The Morgan fingerprint density at radius 2 is 1.89 bits per heavy atom. The average molecular weight is 251 g/mol. The van der Waals surface area contributed by atoms with Crippen LogP contribution in [0.25, 0.3) is 22.3 Å². The van der Waals surface area contributed by atoms with E-state index < -0.39 is 0 Å². The topological polar surface area (TPSA) is 25.2 Å². The fourth-order valence-corrected chi connectivity index (χ4v) is 2.40. The molecule has 0 unspecified atom stereocenters. The lowest BCUT2D eigenvalue weighted by atomic mass is 10.0. The second kappa shape index (κ2) is 4.90. The summed E-state index contributed by atoms with van der Waals surface area (Å²) in [6, 6.07) is 16.7. The molecule has 2 nitrogen and oxygen atoms in total. The summed E-state index contributed by atoms with van der Waals surface area (Å²) in [6.07, 6.45) is 0. The summed E-state index contributed by atoms with van der Waals surface area (Å²) in [4.78, 5) is 0. The van der Waals surface area contributed by atoms with E-state index in [2.05, 4.69) is 48.6 Å². The maximum Gasteiger partial charge on any atom is 0.135 e. The Labute approximate surface area is 113 Å². The molecule has 0 aliphatic rings. The summed E-state index contributed by atoms with van der Waals surface area (Å²) in [5.41, 5.74) is 4.61. The first-order valence-electron chi connectivity index (χ1n) is 6.51. The summed E-state index contributed by atoms with van der Waals surface area (Å²) >= 11 is 0. The van der Waals surface area contributed by atoms with Gasteiger partial charge in [0.05, 0.1) is 0 Å². The van der Waals surface area contributed by atoms with E-state index in [9.17, 15) is 0 Å². The third kappa shape index (κ3) is 2.27. The predicted molar refractivity (Wildman–Crippen MR) is 79.2 cm³/mol. The van der Waals surface area contributed by atoms with Gasteiger partial charge in [0.1, 0.15) is 11.3 Å². The Bertz CT molecular complexity index is 712. The number of nitrogens with one attached hydrogen (secondary N) is 1. The standard InChI is InChI=1S/C17H17NO/c1-12-7-8-16-14(9-12)10-17(19-16)15-6-4-3-5-13(15)11-18-2/h3-10,18H,11H2,1-2H3. The van der Waals surface area contributed by atoms with E-state index in [1.165, 1.54) is 11.1 Å². The van der Waals surface area contributed by atoms with E-state index >= 15 is 0 Å².